The molecular weight excluding hydrogens is 456 g/mol. The Morgan fingerprint density at radius 1 is 1.28 bits per heavy atom. The maximum atomic E-state index is 12.6. The molecule has 2 aromatic carbocycles. The maximum Gasteiger partial charge on any atom is 0.274 e. The average Bonchev–Trinajstić information content (AvgIpc) is 3.18. The smallest absolute Gasteiger partial charge is 0.274 e. The van der Waals surface area contributed by atoms with Crippen LogP contribution >= 0.6 is 11.3 Å². The van der Waals surface area contributed by atoms with Gasteiger partial charge in [-0.05, 0) is 30.7 Å². The number of rotatable bonds is 9. The molecule has 0 aliphatic carbocycles. The number of nitrogens with one attached hydrogen (secondary N) is 1. The Kier molecular flexibility index (Phi) is 7.06. The van der Waals surface area contributed by atoms with E-state index < -0.39 is 20.9 Å². The summed E-state index contributed by atoms with van der Waals surface area (Å²) in [5.41, 5.74) is 0.504. The van der Waals surface area contributed by atoms with Crippen LogP contribution in [-0.4, -0.2) is 49.2 Å². The molecule has 0 radical (unpaired) electrons. The lowest BCUT2D eigenvalue weighted by Crippen LogP contribution is -2.28. The van der Waals surface area contributed by atoms with Crippen molar-refractivity contribution in [3.05, 3.63) is 52.1 Å². The number of anilines is 1. The van der Waals surface area contributed by atoms with E-state index in [0.717, 1.165) is 24.2 Å². The van der Waals surface area contributed by atoms with Crippen LogP contribution in [0.2, 0.25) is 0 Å². The van der Waals surface area contributed by atoms with E-state index in [0.29, 0.717) is 16.8 Å². The molecule has 0 saturated carbocycles. The van der Waals surface area contributed by atoms with Gasteiger partial charge in [-0.15, -0.1) is 0 Å². The van der Waals surface area contributed by atoms with Crippen LogP contribution in [0.4, 0.5) is 10.8 Å². The number of thiazole rings is 1. The fourth-order valence-corrected chi connectivity index (χ4v) is 5.05. The summed E-state index contributed by atoms with van der Waals surface area (Å²) in [7, 11) is -0.721. The van der Waals surface area contributed by atoms with Crippen molar-refractivity contribution in [3.8, 4) is 5.75 Å². The fraction of sp³-hybridized carbons (Fsp3) is 0.300. The van der Waals surface area contributed by atoms with E-state index in [1.54, 1.807) is 0 Å². The molecule has 170 valence electrons. The van der Waals surface area contributed by atoms with Gasteiger partial charge in [0.25, 0.3) is 11.6 Å². The number of fused-ring (bicyclic) bond motifs is 1. The van der Waals surface area contributed by atoms with Crippen molar-refractivity contribution in [1.82, 2.24) is 9.29 Å². The van der Waals surface area contributed by atoms with Crippen molar-refractivity contribution in [2.24, 2.45) is 0 Å². The van der Waals surface area contributed by atoms with Gasteiger partial charge in [0.1, 0.15) is 5.52 Å². The molecule has 32 heavy (non-hydrogen) atoms. The number of hydrogen-bond acceptors (Lipinski definition) is 8. The number of ether oxygens (including phenoxy) is 1. The topological polar surface area (TPSA) is 132 Å². The zero-order chi connectivity index (χ0) is 23.5. The monoisotopic (exact) mass is 478 g/mol. The number of non-ortho nitro benzene ring substituents is 1. The van der Waals surface area contributed by atoms with E-state index in [2.05, 4.69) is 10.3 Å². The van der Waals surface area contributed by atoms with Crippen molar-refractivity contribution in [1.29, 1.82) is 0 Å². The summed E-state index contributed by atoms with van der Waals surface area (Å²) >= 11 is 1.07. The third-order valence-electron chi connectivity index (χ3n) is 4.75. The summed E-state index contributed by atoms with van der Waals surface area (Å²) in [5.74, 6) is -0.256. The second kappa shape index (κ2) is 9.59. The molecule has 0 bridgehead atoms. The predicted octanol–water partition coefficient (Wildman–Crippen LogP) is 3.89. The number of carbonyl (C=O) groups excluding carboxylic acids is 1. The summed E-state index contributed by atoms with van der Waals surface area (Å²) in [6.07, 6.45) is 1.64. The lowest BCUT2D eigenvalue weighted by Gasteiger charge is -2.16. The van der Waals surface area contributed by atoms with Gasteiger partial charge in [-0.1, -0.05) is 24.7 Å². The highest BCUT2D eigenvalue weighted by Gasteiger charge is 2.21. The first kappa shape index (κ1) is 23.6. The van der Waals surface area contributed by atoms with Crippen LogP contribution in [0, 0.1) is 10.1 Å². The van der Waals surface area contributed by atoms with Crippen molar-refractivity contribution in [3.63, 3.8) is 0 Å². The first-order valence-corrected chi connectivity index (χ1v) is 11.9. The molecule has 1 aromatic heterocycles. The van der Waals surface area contributed by atoms with Crippen molar-refractivity contribution >= 4 is 48.3 Å². The lowest BCUT2D eigenvalue weighted by atomic mass is 10.2. The first-order chi connectivity index (χ1) is 15.2. The molecule has 3 aromatic rings. The van der Waals surface area contributed by atoms with Crippen LogP contribution < -0.4 is 10.1 Å². The zero-order valence-corrected chi connectivity index (χ0v) is 19.3. The minimum atomic E-state index is -3.63. The summed E-state index contributed by atoms with van der Waals surface area (Å²) in [6, 6.07) is 8.25. The number of nitro benzene ring substituents is 1. The van der Waals surface area contributed by atoms with Crippen LogP contribution in [0.5, 0.6) is 5.75 Å². The fourth-order valence-electron chi connectivity index (χ4n) is 2.93. The van der Waals surface area contributed by atoms with Gasteiger partial charge in [0, 0.05) is 25.2 Å². The van der Waals surface area contributed by atoms with Gasteiger partial charge >= 0.3 is 0 Å². The molecule has 1 heterocycles. The summed E-state index contributed by atoms with van der Waals surface area (Å²) < 4.78 is 32.2. The van der Waals surface area contributed by atoms with Gasteiger partial charge in [-0.3, -0.25) is 20.2 Å². The Balaban J connectivity index is 1.80. The second-order valence-corrected chi connectivity index (χ2v) is 10.0. The Morgan fingerprint density at radius 2 is 1.97 bits per heavy atom. The first-order valence-electron chi connectivity index (χ1n) is 9.68. The number of hydrogen-bond donors (Lipinski definition) is 1. The quantitative estimate of drug-likeness (QED) is 0.364. The number of methoxy groups -OCH3 is 1. The number of carbonyl (C=O) groups is 1. The maximum absolute atomic E-state index is 12.6. The number of aromatic nitrogens is 1. The Morgan fingerprint density at radius 3 is 2.56 bits per heavy atom. The van der Waals surface area contributed by atoms with Crippen LogP contribution in [0.15, 0.2) is 41.3 Å². The third-order valence-corrected chi connectivity index (χ3v) is 7.54. The molecule has 0 fully saturated rings. The Bertz CT molecular complexity index is 1260. The molecule has 3 rings (SSSR count). The molecule has 0 spiro atoms. The third kappa shape index (κ3) is 4.87. The van der Waals surface area contributed by atoms with E-state index in [9.17, 15) is 23.3 Å². The van der Waals surface area contributed by atoms with Crippen LogP contribution in [0.3, 0.4) is 0 Å². The molecule has 1 N–H and O–H groups in total. The van der Waals surface area contributed by atoms with Crippen LogP contribution in [-0.2, 0) is 10.0 Å². The number of sulfonamides is 1. The van der Waals surface area contributed by atoms with Gasteiger partial charge in [0.05, 0.1) is 27.7 Å². The van der Waals surface area contributed by atoms with Crippen LogP contribution in [0.25, 0.3) is 10.2 Å². The van der Waals surface area contributed by atoms with E-state index in [1.807, 2.05) is 6.92 Å². The van der Waals surface area contributed by atoms with E-state index in [4.69, 9.17) is 4.74 Å². The number of unbranched alkanes of at least 4 members (excludes halogenated alkanes) is 1. The molecular formula is C20H22N4O6S2. The summed E-state index contributed by atoms with van der Waals surface area (Å²) in [4.78, 5) is 27.6. The molecule has 0 aliphatic heterocycles. The van der Waals surface area contributed by atoms with E-state index in [1.165, 1.54) is 54.9 Å². The minimum Gasteiger partial charge on any atom is -0.494 e. The van der Waals surface area contributed by atoms with Crippen molar-refractivity contribution in [2.45, 2.75) is 24.7 Å². The number of benzene rings is 2. The highest BCUT2D eigenvalue weighted by atomic mass is 32.2. The summed E-state index contributed by atoms with van der Waals surface area (Å²) in [5, 5.41) is 14.0. The lowest BCUT2D eigenvalue weighted by molar-refractivity contribution is -0.384. The second-order valence-electron chi connectivity index (χ2n) is 6.93. The Hall–Kier alpha value is -3.09. The summed E-state index contributed by atoms with van der Waals surface area (Å²) in [6.45, 7) is 2.40. The Labute approximate surface area is 189 Å². The molecule has 0 atom stereocenters. The number of amides is 1. The molecule has 0 aliphatic rings. The largest absolute Gasteiger partial charge is 0.494 e. The van der Waals surface area contributed by atoms with Gasteiger partial charge in [0.15, 0.2) is 10.9 Å². The van der Waals surface area contributed by atoms with E-state index >= 15 is 0 Å². The van der Waals surface area contributed by atoms with Gasteiger partial charge < -0.3 is 4.74 Å². The average molecular weight is 479 g/mol. The molecule has 1 amide bonds. The highest BCUT2D eigenvalue weighted by Crippen LogP contribution is 2.36. The molecule has 0 unspecified atom stereocenters. The van der Waals surface area contributed by atoms with Gasteiger partial charge in [0.2, 0.25) is 10.0 Å². The molecule has 12 heteroatoms. The predicted molar refractivity (Wildman–Crippen MR) is 122 cm³/mol. The van der Waals surface area contributed by atoms with Gasteiger partial charge in [-0.25, -0.2) is 17.7 Å². The minimum absolute atomic E-state index is 0.102. The SMILES string of the molecule is CCCCN(C)S(=O)(=O)c1ccc(C(=O)Nc2nc3c(OC)cc([N+](=O)[O-])cc3s2)cc1. The molecule has 0 saturated heterocycles. The highest BCUT2D eigenvalue weighted by molar-refractivity contribution is 7.89. The molecule has 10 nitrogen and oxygen atoms in total. The normalized spacial score (nSPS) is 11.6. The zero-order valence-electron chi connectivity index (χ0n) is 17.7. The van der Waals surface area contributed by atoms with Gasteiger partial charge in [-0.2, -0.15) is 0 Å². The standard InChI is InChI=1S/C20H22N4O6S2/c1-4-5-10-23(2)32(28,29)15-8-6-13(7-9-15)19(25)22-20-21-18-16(30-3)11-14(24(26)27)12-17(18)31-20/h6-9,11-12H,4-5,10H2,1-3H3,(H,21,22,25). The van der Waals surface area contributed by atoms with Crippen LogP contribution in [0.1, 0.15) is 30.1 Å². The van der Waals surface area contributed by atoms with Crippen molar-refractivity contribution < 1.29 is 22.9 Å². The van der Waals surface area contributed by atoms with E-state index in [-0.39, 0.29) is 27.0 Å². The number of nitro groups is 1. The number of nitrogens with zero attached hydrogens (tertiary/aromatic N) is 3. The van der Waals surface area contributed by atoms with Crippen molar-refractivity contribution in [2.75, 3.05) is 26.0 Å².